The van der Waals surface area contributed by atoms with Gasteiger partial charge in [0, 0.05) is 6.54 Å². The largest absolute Gasteiger partial charge is 0.493 e. The van der Waals surface area contributed by atoms with Gasteiger partial charge in [0.1, 0.15) is 5.75 Å². The third-order valence-corrected chi connectivity index (χ3v) is 3.75. The standard InChI is InChI=1S/C15H18N4O2/c1-10-14(18-19-17-10)15(20)16-9-11-6-7-21-13-5-3-2-4-12(13)8-11/h2-5,11H,6-9H2,1H3,(H,16,20)(H,17,18,19)/t11-/m0/s1. The van der Waals surface area contributed by atoms with Gasteiger partial charge in [0.05, 0.1) is 12.3 Å². The Hall–Kier alpha value is -2.37. The van der Waals surface area contributed by atoms with Gasteiger partial charge in [-0.05, 0) is 37.3 Å². The molecule has 1 amide bonds. The Labute approximate surface area is 122 Å². The Morgan fingerprint density at radius 1 is 1.43 bits per heavy atom. The summed E-state index contributed by atoms with van der Waals surface area (Å²) in [5, 5.41) is 13.1. The second-order valence-corrected chi connectivity index (χ2v) is 5.28. The van der Waals surface area contributed by atoms with Crippen molar-refractivity contribution in [1.29, 1.82) is 0 Å². The summed E-state index contributed by atoms with van der Waals surface area (Å²) in [6.45, 7) is 3.05. The molecule has 0 saturated heterocycles. The van der Waals surface area contributed by atoms with E-state index in [1.165, 1.54) is 5.56 Å². The number of rotatable bonds is 3. The lowest BCUT2D eigenvalue weighted by molar-refractivity contribution is 0.0939. The molecule has 0 aliphatic carbocycles. The molecule has 1 aromatic heterocycles. The van der Waals surface area contributed by atoms with E-state index in [4.69, 9.17) is 4.74 Å². The summed E-state index contributed by atoms with van der Waals surface area (Å²) in [5.74, 6) is 1.14. The highest BCUT2D eigenvalue weighted by Gasteiger charge is 2.19. The van der Waals surface area contributed by atoms with E-state index >= 15 is 0 Å². The first kappa shape index (κ1) is 13.6. The lowest BCUT2D eigenvalue weighted by atomic mass is 9.97. The third kappa shape index (κ3) is 3.04. The number of ether oxygens (including phenoxy) is 1. The number of amides is 1. The molecule has 1 atom stereocenters. The first-order valence-corrected chi connectivity index (χ1v) is 7.10. The highest BCUT2D eigenvalue weighted by molar-refractivity contribution is 5.93. The van der Waals surface area contributed by atoms with Gasteiger partial charge in [-0.3, -0.25) is 4.79 Å². The second-order valence-electron chi connectivity index (χ2n) is 5.28. The van der Waals surface area contributed by atoms with Gasteiger partial charge in [0.2, 0.25) is 0 Å². The molecule has 6 heteroatoms. The average Bonchev–Trinajstić information content (AvgIpc) is 2.81. The van der Waals surface area contributed by atoms with Crippen LogP contribution in [0, 0.1) is 12.8 Å². The summed E-state index contributed by atoms with van der Waals surface area (Å²) in [6.07, 6.45) is 1.83. The van der Waals surface area contributed by atoms with Crippen molar-refractivity contribution in [2.45, 2.75) is 19.8 Å². The number of nitrogens with one attached hydrogen (secondary N) is 2. The molecular formula is C15H18N4O2. The number of fused-ring (bicyclic) bond motifs is 1. The summed E-state index contributed by atoms with van der Waals surface area (Å²) in [5.41, 5.74) is 2.18. The minimum absolute atomic E-state index is 0.181. The van der Waals surface area contributed by atoms with E-state index in [1.807, 2.05) is 18.2 Å². The van der Waals surface area contributed by atoms with Crippen molar-refractivity contribution in [1.82, 2.24) is 20.7 Å². The minimum Gasteiger partial charge on any atom is -0.493 e. The molecule has 2 N–H and O–H groups in total. The van der Waals surface area contributed by atoms with Crippen LogP contribution >= 0.6 is 0 Å². The summed E-state index contributed by atoms with van der Waals surface area (Å²) in [6, 6.07) is 8.07. The van der Waals surface area contributed by atoms with Crippen molar-refractivity contribution >= 4 is 5.91 Å². The van der Waals surface area contributed by atoms with Crippen LogP contribution in [0.2, 0.25) is 0 Å². The van der Waals surface area contributed by atoms with Gasteiger partial charge in [-0.15, -0.1) is 0 Å². The van der Waals surface area contributed by atoms with Crippen LogP contribution in [0.25, 0.3) is 0 Å². The number of para-hydroxylation sites is 1. The van der Waals surface area contributed by atoms with E-state index in [1.54, 1.807) is 6.92 Å². The number of benzene rings is 1. The van der Waals surface area contributed by atoms with Crippen LogP contribution in [0.15, 0.2) is 24.3 Å². The molecule has 0 bridgehead atoms. The normalized spacial score (nSPS) is 17.5. The van der Waals surface area contributed by atoms with Gasteiger partial charge in [0.25, 0.3) is 5.91 Å². The molecule has 21 heavy (non-hydrogen) atoms. The Kier molecular flexibility index (Phi) is 3.85. The highest BCUT2D eigenvalue weighted by Crippen LogP contribution is 2.26. The van der Waals surface area contributed by atoms with E-state index in [0.717, 1.165) is 18.6 Å². The number of aromatic nitrogens is 3. The predicted molar refractivity (Wildman–Crippen MR) is 77.2 cm³/mol. The molecule has 3 rings (SSSR count). The molecular weight excluding hydrogens is 268 g/mol. The van der Waals surface area contributed by atoms with Gasteiger partial charge < -0.3 is 10.1 Å². The van der Waals surface area contributed by atoms with Gasteiger partial charge in [-0.2, -0.15) is 15.4 Å². The molecule has 1 aromatic carbocycles. The second kappa shape index (κ2) is 5.95. The Balaban J connectivity index is 1.61. The van der Waals surface area contributed by atoms with Crippen molar-refractivity contribution in [2.75, 3.05) is 13.2 Å². The van der Waals surface area contributed by atoms with E-state index in [9.17, 15) is 4.79 Å². The maximum atomic E-state index is 12.0. The molecule has 0 unspecified atom stereocenters. The molecule has 1 aliphatic rings. The molecule has 0 fully saturated rings. The maximum absolute atomic E-state index is 12.0. The van der Waals surface area contributed by atoms with Crippen LogP contribution in [-0.2, 0) is 6.42 Å². The van der Waals surface area contributed by atoms with Gasteiger partial charge >= 0.3 is 0 Å². The monoisotopic (exact) mass is 286 g/mol. The molecule has 0 radical (unpaired) electrons. The van der Waals surface area contributed by atoms with Crippen LogP contribution in [0.1, 0.15) is 28.2 Å². The zero-order valence-corrected chi connectivity index (χ0v) is 11.9. The fourth-order valence-electron chi connectivity index (χ4n) is 2.56. The topological polar surface area (TPSA) is 79.9 Å². The maximum Gasteiger partial charge on any atom is 0.273 e. The Bertz CT molecular complexity index is 638. The number of H-pyrrole nitrogens is 1. The molecule has 6 nitrogen and oxygen atoms in total. The molecule has 0 spiro atoms. The van der Waals surface area contributed by atoms with Gasteiger partial charge in [-0.1, -0.05) is 18.2 Å². The first-order chi connectivity index (χ1) is 10.2. The lowest BCUT2D eigenvalue weighted by Gasteiger charge is -2.14. The van der Waals surface area contributed by atoms with E-state index < -0.39 is 0 Å². The molecule has 2 heterocycles. The van der Waals surface area contributed by atoms with Crippen molar-refractivity contribution in [3.8, 4) is 5.75 Å². The van der Waals surface area contributed by atoms with Gasteiger partial charge in [0.15, 0.2) is 5.69 Å². The minimum atomic E-state index is -0.181. The number of aromatic amines is 1. The summed E-state index contributed by atoms with van der Waals surface area (Å²) < 4.78 is 5.74. The number of carbonyl (C=O) groups is 1. The zero-order valence-electron chi connectivity index (χ0n) is 11.9. The van der Waals surface area contributed by atoms with Crippen LogP contribution in [-0.4, -0.2) is 34.5 Å². The fourth-order valence-corrected chi connectivity index (χ4v) is 2.56. The molecule has 2 aromatic rings. The smallest absolute Gasteiger partial charge is 0.273 e. The van der Waals surface area contributed by atoms with Crippen LogP contribution in [0.5, 0.6) is 5.75 Å². The van der Waals surface area contributed by atoms with Crippen molar-refractivity contribution < 1.29 is 9.53 Å². The summed E-state index contributed by atoms with van der Waals surface area (Å²) >= 11 is 0. The summed E-state index contributed by atoms with van der Waals surface area (Å²) in [4.78, 5) is 12.0. The number of hydrogen-bond donors (Lipinski definition) is 2. The number of nitrogens with zero attached hydrogens (tertiary/aromatic N) is 2. The van der Waals surface area contributed by atoms with E-state index in [0.29, 0.717) is 30.5 Å². The predicted octanol–water partition coefficient (Wildman–Crippen LogP) is 1.48. The zero-order chi connectivity index (χ0) is 14.7. The van der Waals surface area contributed by atoms with Crippen molar-refractivity contribution in [2.24, 2.45) is 5.92 Å². The quantitative estimate of drug-likeness (QED) is 0.895. The Morgan fingerprint density at radius 2 is 2.29 bits per heavy atom. The molecule has 1 aliphatic heterocycles. The van der Waals surface area contributed by atoms with Crippen LogP contribution in [0.4, 0.5) is 0 Å². The molecule has 0 saturated carbocycles. The van der Waals surface area contributed by atoms with Crippen LogP contribution in [0.3, 0.4) is 0 Å². The molecule has 110 valence electrons. The van der Waals surface area contributed by atoms with Crippen LogP contribution < -0.4 is 10.1 Å². The first-order valence-electron chi connectivity index (χ1n) is 7.10. The number of aryl methyl sites for hydroxylation is 1. The fraction of sp³-hybridized carbons (Fsp3) is 0.400. The van der Waals surface area contributed by atoms with Crippen molar-refractivity contribution in [3.63, 3.8) is 0 Å². The average molecular weight is 286 g/mol. The SMILES string of the molecule is Cc1n[nH]nc1C(=O)NC[C@H]1CCOc2ccccc2C1. The van der Waals surface area contributed by atoms with Gasteiger partial charge in [-0.25, -0.2) is 0 Å². The third-order valence-electron chi connectivity index (χ3n) is 3.75. The Morgan fingerprint density at radius 3 is 3.10 bits per heavy atom. The number of carbonyl (C=O) groups excluding carboxylic acids is 1. The van der Waals surface area contributed by atoms with E-state index in [2.05, 4.69) is 26.8 Å². The van der Waals surface area contributed by atoms with Crippen molar-refractivity contribution in [3.05, 3.63) is 41.2 Å². The summed E-state index contributed by atoms with van der Waals surface area (Å²) in [7, 11) is 0. The lowest BCUT2D eigenvalue weighted by Crippen LogP contribution is -2.31. The van der Waals surface area contributed by atoms with E-state index in [-0.39, 0.29) is 5.91 Å². The number of hydrogen-bond acceptors (Lipinski definition) is 4. The highest BCUT2D eigenvalue weighted by atomic mass is 16.5.